The van der Waals surface area contributed by atoms with Gasteiger partial charge < -0.3 is 10.6 Å². The SMILES string of the molecule is Cn1cc([C@H]2CNC[C@@H]2C(=O)NCC2(C)CC2)cn1. The lowest BCUT2D eigenvalue weighted by Crippen LogP contribution is -2.37. The number of amides is 1. The van der Waals surface area contributed by atoms with Gasteiger partial charge in [-0.3, -0.25) is 9.48 Å². The van der Waals surface area contributed by atoms with Crippen molar-refractivity contribution in [2.45, 2.75) is 25.7 Å². The predicted molar refractivity (Wildman–Crippen MR) is 72.7 cm³/mol. The highest BCUT2D eigenvalue weighted by Crippen LogP contribution is 2.44. The highest BCUT2D eigenvalue weighted by atomic mass is 16.1. The maximum Gasteiger partial charge on any atom is 0.225 e. The van der Waals surface area contributed by atoms with Crippen molar-refractivity contribution >= 4 is 5.91 Å². The molecule has 0 bridgehead atoms. The number of carbonyl (C=O) groups is 1. The van der Waals surface area contributed by atoms with E-state index in [1.165, 1.54) is 12.8 Å². The molecule has 104 valence electrons. The van der Waals surface area contributed by atoms with Crippen LogP contribution < -0.4 is 10.6 Å². The normalized spacial score (nSPS) is 28.3. The summed E-state index contributed by atoms with van der Waals surface area (Å²) in [5, 5.41) is 10.7. The standard InChI is InChI=1S/C14H22N4O/c1-14(3-4-14)9-16-13(19)12-7-15-6-11(12)10-5-17-18(2)8-10/h5,8,11-12,15H,3-4,6-7,9H2,1-2H3,(H,16,19)/t11-,12+/m1/s1. The smallest absolute Gasteiger partial charge is 0.225 e. The van der Waals surface area contributed by atoms with Crippen molar-refractivity contribution in [2.75, 3.05) is 19.6 Å². The van der Waals surface area contributed by atoms with E-state index in [-0.39, 0.29) is 17.7 Å². The second kappa shape index (κ2) is 4.63. The molecule has 3 rings (SSSR count). The minimum Gasteiger partial charge on any atom is -0.355 e. The van der Waals surface area contributed by atoms with Gasteiger partial charge in [0.25, 0.3) is 0 Å². The number of rotatable bonds is 4. The van der Waals surface area contributed by atoms with Crippen molar-refractivity contribution in [3.63, 3.8) is 0 Å². The van der Waals surface area contributed by atoms with Gasteiger partial charge in [-0.25, -0.2) is 0 Å². The van der Waals surface area contributed by atoms with Gasteiger partial charge in [-0.1, -0.05) is 6.92 Å². The van der Waals surface area contributed by atoms with Gasteiger partial charge in [-0.05, 0) is 23.8 Å². The van der Waals surface area contributed by atoms with Crippen LogP contribution in [0.2, 0.25) is 0 Å². The second-order valence-corrected chi connectivity index (χ2v) is 6.35. The Morgan fingerprint density at radius 3 is 3.00 bits per heavy atom. The van der Waals surface area contributed by atoms with Crippen LogP contribution in [0.15, 0.2) is 12.4 Å². The Morgan fingerprint density at radius 2 is 2.37 bits per heavy atom. The Bertz CT molecular complexity index is 478. The van der Waals surface area contributed by atoms with Crippen LogP contribution in [-0.2, 0) is 11.8 Å². The number of aryl methyl sites for hydroxylation is 1. The molecule has 1 aliphatic heterocycles. The average Bonchev–Trinajstić information content (AvgIpc) is 2.84. The molecule has 1 aromatic rings. The fourth-order valence-corrected chi connectivity index (χ4v) is 2.76. The fourth-order valence-electron chi connectivity index (χ4n) is 2.76. The topological polar surface area (TPSA) is 59.0 Å². The third-order valence-electron chi connectivity index (χ3n) is 4.50. The van der Waals surface area contributed by atoms with Gasteiger partial charge >= 0.3 is 0 Å². The maximum absolute atomic E-state index is 12.3. The largest absolute Gasteiger partial charge is 0.355 e. The molecular weight excluding hydrogens is 240 g/mol. The van der Waals surface area contributed by atoms with Gasteiger partial charge in [0.2, 0.25) is 5.91 Å². The molecule has 1 saturated carbocycles. The number of aromatic nitrogens is 2. The van der Waals surface area contributed by atoms with E-state index in [0.717, 1.165) is 25.2 Å². The van der Waals surface area contributed by atoms with Crippen molar-refractivity contribution in [1.29, 1.82) is 0 Å². The molecule has 2 N–H and O–H groups in total. The van der Waals surface area contributed by atoms with Crippen molar-refractivity contribution < 1.29 is 4.79 Å². The second-order valence-electron chi connectivity index (χ2n) is 6.35. The first kappa shape index (κ1) is 12.7. The van der Waals surface area contributed by atoms with E-state index in [4.69, 9.17) is 0 Å². The molecule has 0 spiro atoms. The van der Waals surface area contributed by atoms with Crippen molar-refractivity contribution in [3.8, 4) is 0 Å². The number of hydrogen-bond donors (Lipinski definition) is 2. The Hall–Kier alpha value is -1.36. The Balaban J connectivity index is 1.63. The van der Waals surface area contributed by atoms with Crippen molar-refractivity contribution in [2.24, 2.45) is 18.4 Å². The lowest BCUT2D eigenvalue weighted by atomic mass is 9.90. The van der Waals surface area contributed by atoms with E-state index >= 15 is 0 Å². The van der Waals surface area contributed by atoms with Gasteiger partial charge in [-0.2, -0.15) is 5.10 Å². The maximum atomic E-state index is 12.3. The van der Waals surface area contributed by atoms with E-state index in [2.05, 4.69) is 22.7 Å². The first-order chi connectivity index (χ1) is 9.07. The molecular formula is C14H22N4O. The first-order valence-corrected chi connectivity index (χ1v) is 7.04. The van der Waals surface area contributed by atoms with Gasteiger partial charge in [0.15, 0.2) is 0 Å². The summed E-state index contributed by atoms with van der Waals surface area (Å²) in [4.78, 5) is 12.3. The Kier molecular flexibility index (Phi) is 3.09. The zero-order valence-electron chi connectivity index (χ0n) is 11.6. The van der Waals surface area contributed by atoms with Crippen LogP contribution in [0.4, 0.5) is 0 Å². The molecule has 19 heavy (non-hydrogen) atoms. The summed E-state index contributed by atoms with van der Waals surface area (Å²) >= 11 is 0. The number of nitrogens with one attached hydrogen (secondary N) is 2. The summed E-state index contributed by atoms with van der Waals surface area (Å²) in [7, 11) is 1.91. The van der Waals surface area contributed by atoms with E-state index in [1.54, 1.807) is 4.68 Å². The molecule has 2 atom stereocenters. The summed E-state index contributed by atoms with van der Waals surface area (Å²) in [5.41, 5.74) is 1.52. The number of carbonyl (C=O) groups excluding carboxylic acids is 1. The highest BCUT2D eigenvalue weighted by Gasteiger charge is 2.39. The fraction of sp³-hybridized carbons (Fsp3) is 0.714. The molecule has 1 aromatic heterocycles. The first-order valence-electron chi connectivity index (χ1n) is 7.04. The third-order valence-corrected chi connectivity index (χ3v) is 4.50. The van der Waals surface area contributed by atoms with E-state index in [0.29, 0.717) is 5.41 Å². The summed E-state index contributed by atoms with van der Waals surface area (Å²) < 4.78 is 1.80. The molecule has 2 fully saturated rings. The van der Waals surface area contributed by atoms with E-state index < -0.39 is 0 Å². The molecule has 2 aliphatic rings. The summed E-state index contributed by atoms with van der Waals surface area (Å²) in [6.45, 7) is 4.68. The molecule has 0 radical (unpaired) electrons. The van der Waals surface area contributed by atoms with Crippen molar-refractivity contribution in [1.82, 2.24) is 20.4 Å². The lowest BCUT2D eigenvalue weighted by molar-refractivity contribution is -0.125. The molecule has 2 heterocycles. The molecule has 0 unspecified atom stereocenters. The van der Waals surface area contributed by atoms with Crippen LogP contribution in [-0.4, -0.2) is 35.3 Å². The molecule has 1 amide bonds. The van der Waals surface area contributed by atoms with Crippen LogP contribution in [0.3, 0.4) is 0 Å². The monoisotopic (exact) mass is 262 g/mol. The summed E-state index contributed by atoms with van der Waals surface area (Å²) in [5.74, 6) is 0.472. The summed E-state index contributed by atoms with van der Waals surface area (Å²) in [6, 6.07) is 0. The van der Waals surface area contributed by atoms with Gasteiger partial charge in [0.05, 0.1) is 12.1 Å². The zero-order valence-corrected chi connectivity index (χ0v) is 11.6. The minimum atomic E-state index is 0.0338. The molecule has 1 aliphatic carbocycles. The molecule has 0 aromatic carbocycles. The summed E-state index contributed by atoms with van der Waals surface area (Å²) in [6.07, 6.45) is 6.37. The van der Waals surface area contributed by atoms with E-state index in [9.17, 15) is 4.79 Å². The van der Waals surface area contributed by atoms with E-state index in [1.807, 2.05) is 19.4 Å². The van der Waals surface area contributed by atoms with Crippen LogP contribution in [0, 0.1) is 11.3 Å². The molecule has 5 heteroatoms. The average molecular weight is 262 g/mol. The predicted octanol–water partition coefficient (Wildman–Crippen LogP) is 0.639. The number of hydrogen-bond acceptors (Lipinski definition) is 3. The Morgan fingerprint density at radius 1 is 1.58 bits per heavy atom. The minimum absolute atomic E-state index is 0.0338. The van der Waals surface area contributed by atoms with Crippen LogP contribution in [0.1, 0.15) is 31.2 Å². The van der Waals surface area contributed by atoms with Crippen LogP contribution in [0.5, 0.6) is 0 Å². The van der Waals surface area contributed by atoms with Crippen LogP contribution >= 0.6 is 0 Å². The van der Waals surface area contributed by atoms with Gasteiger partial charge in [-0.15, -0.1) is 0 Å². The molecule has 1 saturated heterocycles. The van der Waals surface area contributed by atoms with Gasteiger partial charge in [0.1, 0.15) is 0 Å². The third kappa shape index (κ3) is 2.66. The van der Waals surface area contributed by atoms with Crippen molar-refractivity contribution in [3.05, 3.63) is 18.0 Å². The zero-order chi connectivity index (χ0) is 13.5. The Labute approximate surface area is 113 Å². The highest BCUT2D eigenvalue weighted by molar-refractivity contribution is 5.80. The quantitative estimate of drug-likeness (QED) is 0.837. The van der Waals surface area contributed by atoms with Crippen LogP contribution in [0.25, 0.3) is 0 Å². The lowest BCUT2D eigenvalue weighted by Gasteiger charge is -2.18. The molecule has 5 nitrogen and oxygen atoms in total. The number of nitrogens with zero attached hydrogens (tertiary/aromatic N) is 2. The van der Waals surface area contributed by atoms with Gasteiger partial charge in [0, 0.05) is 38.8 Å².